The SMILES string of the molecule is CC1(C)C2=C(c3ccccc31)C(C)(C)c1cc(-c3ccc(N(c4ccc5c(c4)C(c4ccccc4)(c4ccccc4)c4ccccc4-5)c4ccc5oc6ccccc6c5c4)cc3)ccc12. The van der Waals surface area contributed by atoms with Gasteiger partial charge in [-0.3, -0.25) is 0 Å². The second-order valence-corrected chi connectivity index (χ2v) is 19.2. The van der Waals surface area contributed by atoms with E-state index in [1.165, 1.54) is 77.9 Å². The molecule has 1 heterocycles. The molecule has 0 radical (unpaired) electrons. The van der Waals surface area contributed by atoms with E-state index in [4.69, 9.17) is 4.42 Å². The Morgan fingerprint density at radius 1 is 0.338 bits per heavy atom. The van der Waals surface area contributed by atoms with Crippen molar-refractivity contribution in [2.75, 3.05) is 4.90 Å². The summed E-state index contributed by atoms with van der Waals surface area (Å²) < 4.78 is 6.36. The summed E-state index contributed by atoms with van der Waals surface area (Å²) in [6.45, 7) is 9.62. The van der Waals surface area contributed by atoms with Crippen LogP contribution in [0, 0.1) is 0 Å². The Balaban J connectivity index is 0.973. The number of para-hydroxylation sites is 1. The molecular weight excluding hydrogens is 787 g/mol. The molecule has 2 heteroatoms. The van der Waals surface area contributed by atoms with Crippen LogP contribution in [0.2, 0.25) is 0 Å². The van der Waals surface area contributed by atoms with Crippen LogP contribution >= 0.6 is 0 Å². The van der Waals surface area contributed by atoms with Gasteiger partial charge in [-0.1, -0.05) is 185 Å². The maximum Gasteiger partial charge on any atom is 0.135 e. The van der Waals surface area contributed by atoms with Gasteiger partial charge in [-0.25, -0.2) is 0 Å². The molecular formula is C63H47NO. The molecule has 0 atom stereocenters. The highest BCUT2D eigenvalue weighted by Crippen LogP contribution is 2.63. The summed E-state index contributed by atoms with van der Waals surface area (Å²) in [6, 6.07) is 78.6. The van der Waals surface area contributed by atoms with Crippen LogP contribution in [0.5, 0.6) is 0 Å². The maximum absolute atomic E-state index is 6.36. The number of allylic oxidation sites excluding steroid dienone is 2. The van der Waals surface area contributed by atoms with Crippen molar-refractivity contribution in [1.82, 2.24) is 0 Å². The van der Waals surface area contributed by atoms with Crippen molar-refractivity contribution >= 4 is 50.1 Å². The molecule has 0 bridgehead atoms. The molecule has 0 saturated heterocycles. The summed E-state index contributed by atoms with van der Waals surface area (Å²) in [5.74, 6) is 0. The fraction of sp³-hybridized carbons (Fsp3) is 0.111. The zero-order valence-electron chi connectivity index (χ0n) is 37.1. The molecule has 0 N–H and O–H groups in total. The van der Waals surface area contributed by atoms with Gasteiger partial charge in [0.05, 0.1) is 5.41 Å². The number of anilines is 3. The average Bonchev–Trinajstić information content (AvgIpc) is 4.02. The van der Waals surface area contributed by atoms with E-state index in [-0.39, 0.29) is 10.8 Å². The normalized spacial score (nSPS) is 15.7. The van der Waals surface area contributed by atoms with Crippen LogP contribution in [-0.2, 0) is 16.2 Å². The quantitative estimate of drug-likeness (QED) is 0.166. The van der Waals surface area contributed by atoms with Crippen molar-refractivity contribution < 1.29 is 4.42 Å². The molecule has 0 amide bonds. The van der Waals surface area contributed by atoms with Gasteiger partial charge in [0.2, 0.25) is 0 Å². The van der Waals surface area contributed by atoms with Crippen LogP contribution in [0.4, 0.5) is 17.1 Å². The maximum atomic E-state index is 6.36. The number of rotatable bonds is 6. The van der Waals surface area contributed by atoms with Gasteiger partial charge in [-0.15, -0.1) is 0 Å². The number of hydrogen-bond donors (Lipinski definition) is 0. The van der Waals surface area contributed by atoms with E-state index >= 15 is 0 Å². The summed E-state index contributed by atoms with van der Waals surface area (Å²) in [5.41, 5.74) is 23.0. The fourth-order valence-corrected chi connectivity index (χ4v) is 12.2. The Bertz CT molecular complexity index is 3550. The van der Waals surface area contributed by atoms with Gasteiger partial charge in [-0.2, -0.15) is 0 Å². The van der Waals surface area contributed by atoms with Crippen LogP contribution in [-0.4, -0.2) is 0 Å². The number of fused-ring (bicyclic) bond motifs is 10. The highest BCUT2D eigenvalue weighted by Gasteiger charge is 2.50. The molecule has 3 aliphatic carbocycles. The molecule has 0 aliphatic heterocycles. The Morgan fingerprint density at radius 2 is 0.846 bits per heavy atom. The highest BCUT2D eigenvalue weighted by molar-refractivity contribution is 6.10. The molecule has 3 aliphatic rings. The van der Waals surface area contributed by atoms with Crippen LogP contribution in [0.15, 0.2) is 217 Å². The predicted octanol–water partition coefficient (Wildman–Crippen LogP) is 16.6. The molecule has 1 aromatic heterocycles. The van der Waals surface area contributed by atoms with Gasteiger partial charge in [0.1, 0.15) is 11.2 Å². The van der Waals surface area contributed by atoms with Gasteiger partial charge in [0, 0.05) is 38.7 Å². The van der Waals surface area contributed by atoms with E-state index in [2.05, 4.69) is 239 Å². The Morgan fingerprint density at radius 3 is 1.58 bits per heavy atom. The third-order valence-corrected chi connectivity index (χ3v) is 15.1. The van der Waals surface area contributed by atoms with Crippen molar-refractivity contribution in [3.8, 4) is 22.3 Å². The van der Waals surface area contributed by atoms with Gasteiger partial charge < -0.3 is 9.32 Å². The molecule has 0 unspecified atom stereocenters. The van der Waals surface area contributed by atoms with Crippen molar-refractivity contribution in [3.05, 3.63) is 257 Å². The zero-order chi connectivity index (χ0) is 43.7. The van der Waals surface area contributed by atoms with Crippen LogP contribution < -0.4 is 4.90 Å². The van der Waals surface area contributed by atoms with Gasteiger partial charge in [0.25, 0.3) is 0 Å². The van der Waals surface area contributed by atoms with Gasteiger partial charge >= 0.3 is 0 Å². The first-order chi connectivity index (χ1) is 31.7. The third kappa shape index (κ3) is 5.23. The minimum Gasteiger partial charge on any atom is -0.456 e. The van der Waals surface area contributed by atoms with Crippen molar-refractivity contribution in [2.24, 2.45) is 0 Å². The first-order valence-electron chi connectivity index (χ1n) is 22.9. The third-order valence-electron chi connectivity index (χ3n) is 15.1. The van der Waals surface area contributed by atoms with Crippen molar-refractivity contribution in [2.45, 2.75) is 43.9 Å². The Kier molecular flexibility index (Phi) is 7.95. The van der Waals surface area contributed by atoms with Crippen molar-refractivity contribution in [1.29, 1.82) is 0 Å². The van der Waals surface area contributed by atoms with Gasteiger partial charge in [0.15, 0.2) is 0 Å². The van der Waals surface area contributed by atoms with E-state index in [9.17, 15) is 0 Å². The monoisotopic (exact) mass is 833 g/mol. The molecule has 0 spiro atoms. The summed E-state index contributed by atoms with van der Waals surface area (Å²) in [4.78, 5) is 2.43. The number of hydrogen-bond acceptors (Lipinski definition) is 2. The second-order valence-electron chi connectivity index (χ2n) is 19.2. The molecule has 13 rings (SSSR count). The fourth-order valence-electron chi connectivity index (χ4n) is 12.2. The van der Waals surface area contributed by atoms with Crippen LogP contribution in [0.3, 0.4) is 0 Å². The minimum absolute atomic E-state index is 0.0466. The number of benzene rings is 9. The zero-order valence-corrected chi connectivity index (χ0v) is 37.1. The molecule has 0 fully saturated rings. The summed E-state index contributed by atoms with van der Waals surface area (Å²) in [7, 11) is 0. The lowest BCUT2D eigenvalue weighted by Gasteiger charge is -2.35. The standard InChI is InChI=1S/C63H47NO/c1-61(2)53-24-14-12-23-50(53)59-60(61)51-34-29-41(37-55(51)62(59,3)4)40-27-30-44(31-28-40)64(45-33-36-58-52(38-45)49-22-13-16-26-57(49)65-58)46-32-35-48-47-21-11-15-25-54(47)63(56(48)39-46,42-17-7-5-8-18-42)43-19-9-6-10-20-43/h5-39H,1-4H3. The van der Waals surface area contributed by atoms with E-state index in [0.29, 0.717) is 0 Å². The Hall–Kier alpha value is -7.68. The first-order valence-corrected chi connectivity index (χ1v) is 22.9. The summed E-state index contributed by atoms with van der Waals surface area (Å²) in [6.07, 6.45) is 0. The lowest BCUT2D eigenvalue weighted by Crippen LogP contribution is -2.28. The number of nitrogens with zero attached hydrogens (tertiary/aromatic N) is 1. The Labute approximate surface area is 380 Å². The molecule has 9 aromatic carbocycles. The van der Waals surface area contributed by atoms with Crippen LogP contribution in [0.25, 0.3) is 55.3 Å². The second kappa shape index (κ2) is 13.7. The van der Waals surface area contributed by atoms with E-state index in [0.717, 1.165) is 39.0 Å². The smallest absolute Gasteiger partial charge is 0.135 e. The molecule has 2 nitrogen and oxygen atoms in total. The predicted molar refractivity (Wildman–Crippen MR) is 270 cm³/mol. The minimum atomic E-state index is -0.515. The molecule has 0 saturated carbocycles. The van der Waals surface area contributed by atoms with E-state index in [1.807, 2.05) is 6.07 Å². The lowest BCUT2D eigenvalue weighted by atomic mass is 9.67. The summed E-state index contributed by atoms with van der Waals surface area (Å²) in [5, 5.41) is 2.21. The topological polar surface area (TPSA) is 16.4 Å². The van der Waals surface area contributed by atoms with E-state index in [1.54, 1.807) is 0 Å². The summed E-state index contributed by atoms with van der Waals surface area (Å²) >= 11 is 0. The average molecular weight is 834 g/mol. The van der Waals surface area contributed by atoms with Crippen LogP contribution in [0.1, 0.15) is 72.2 Å². The molecule has 310 valence electrons. The van der Waals surface area contributed by atoms with Crippen molar-refractivity contribution in [3.63, 3.8) is 0 Å². The number of furan rings is 1. The first kappa shape index (κ1) is 37.8. The van der Waals surface area contributed by atoms with Gasteiger partial charge in [-0.05, 0) is 133 Å². The highest BCUT2D eigenvalue weighted by atomic mass is 16.3. The molecule has 10 aromatic rings. The lowest BCUT2D eigenvalue weighted by molar-refractivity contribution is 0.669. The van der Waals surface area contributed by atoms with E-state index < -0.39 is 5.41 Å². The molecule has 65 heavy (non-hydrogen) atoms. The largest absolute Gasteiger partial charge is 0.456 e.